The molecule has 0 bridgehead atoms. The Hall–Kier alpha value is -2.91. The van der Waals surface area contributed by atoms with Crippen LogP contribution in [0.4, 0.5) is 4.39 Å². The van der Waals surface area contributed by atoms with Crippen LogP contribution >= 0.6 is 0 Å². The Balaban J connectivity index is 0. The molecule has 1 aromatic carbocycles. The summed E-state index contributed by atoms with van der Waals surface area (Å²) in [5, 5.41) is 2.47. The van der Waals surface area contributed by atoms with Gasteiger partial charge in [0.05, 0.1) is 6.10 Å². The fraction of sp³-hybridized carbons (Fsp3) is 0.417. The number of terminal acetylenes is 1. The highest BCUT2D eigenvalue weighted by Gasteiger charge is 2.12. The summed E-state index contributed by atoms with van der Waals surface area (Å²) in [5.74, 6) is 2.04. The van der Waals surface area contributed by atoms with Crippen LogP contribution in [-0.4, -0.2) is 50.6 Å². The van der Waals surface area contributed by atoms with Crippen molar-refractivity contribution >= 4 is 12.3 Å². The second-order valence-electron chi connectivity index (χ2n) is 6.50. The van der Waals surface area contributed by atoms with Crippen molar-refractivity contribution in [2.75, 3.05) is 27.2 Å². The maximum atomic E-state index is 12.7. The van der Waals surface area contributed by atoms with E-state index < -0.39 is 0 Å². The lowest BCUT2D eigenvalue weighted by Gasteiger charge is -2.19. The van der Waals surface area contributed by atoms with Gasteiger partial charge in [0, 0.05) is 39.2 Å². The third-order valence-corrected chi connectivity index (χ3v) is 3.67. The largest absolute Gasteiger partial charge is 0.382 e. The number of nitrogens with zero attached hydrogens (tertiary/aromatic N) is 1. The number of carbonyl (C=O) groups is 2. The number of ether oxygens (including phenoxy) is 1. The molecule has 30 heavy (non-hydrogen) atoms. The van der Waals surface area contributed by atoms with E-state index in [9.17, 15) is 14.0 Å². The first-order chi connectivity index (χ1) is 14.2. The molecule has 0 aromatic heterocycles. The quantitative estimate of drug-likeness (QED) is 0.371. The van der Waals surface area contributed by atoms with Crippen molar-refractivity contribution in [3.05, 3.63) is 60.0 Å². The van der Waals surface area contributed by atoms with E-state index >= 15 is 0 Å². The number of nitrogens with one attached hydrogen (secondary N) is 1. The highest BCUT2D eigenvalue weighted by atomic mass is 19.1. The second-order valence-corrected chi connectivity index (χ2v) is 6.50. The van der Waals surface area contributed by atoms with Gasteiger partial charge in [0.1, 0.15) is 5.82 Å². The molecule has 5 nitrogen and oxygen atoms in total. The number of benzene rings is 1. The Morgan fingerprint density at radius 2 is 2.00 bits per heavy atom. The molecule has 1 aromatic rings. The SMILES string of the molecule is C#CC/C=C\C.C=C(C)CNC=O.COC(C)CCN(C)C(=O)c1ccc(F)cc1. The number of hydrogen-bond donors (Lipinski definition) is 1. The van der Waals surface area contributed by atoms with E-state index in [4.69, 9.17) is 11.2 Å². The van der Waals surface area contributed by atoms with Crippen LogP contribution in [0.5, 0.6) is 0 Å². The summed E-state index contributed by atoms with van der Waals surface area (Å²) < 4.78 is 17.8. The monoisotopic (exact) mass is 418 g/mol. The smallest absolute Gasteiger partial charge is 0.253 e. The van der Waals surface area contributed by atoms with Gasteiger partial charge in [-0.3, -0.25) is 9.59 Å². The molecule has 0 saturated carbocycles. The van der Waals surface area contributed by atoms with E-state index in [1.165, 1.54) is 24.3 Å². The average molecular weight is 419 g/mol. The molecule has 0 radical (unpaired) electrons. The number of carbonyl (C=O) groups excluding carboxylic acids is 2. The average Bonchev–Trinajstić information content (AvgIpc) is 2.75. The fourth-order valence-electron chi connectivity index (χ4n) is 1.81. The van der Waals surface area contributed by atoms with Crippen LogP contribution in [0.3, 0.4) is 0 Å². The van der Waals surface area contributed by atoms with Crippen molar-refractivity contribution in [1.29, 1.82) is 0 Å². The molecule has 2 amide bonds. The lowest BCUT2D eigenvalue weighted by Crippen LogP contribution is -2.29. The Morgan fingerprint density at radius 3 is 2.37 bits per heavy atom. The number of methoxy groups -OCH3 is 1. The Bertz CT molecular complexity index is 679. The summed E-state index contributed by atoms with van der Waals surface area (Å²) in [4.78, 5) is 23.1. The van der Waals surface area contributed by atoms with Gasteiger partial charge in [-0.1, -0.05) is 24.3 Å². The maximum Gasteiger partial charge on any atom is 0.253 e. The Kier molecular flexibility index (Phi) is 19.0. The molecule has 1 atom stereocenters. The van der Waals surface area contributed by atoms with Gasteiger partial charge in [0.25, 0.3) is 5.91 Å². The number of rotatable bonds is 9. The van der Waals surface area contributed by atoms with Gasteiger partial charge in [-0.2, -0.15) is 0 Å². The molecule has 1 unspecified atom stereocenters. The molecule has 0 saturated heterocycles. The highest BCUT2D eigenvalue weighted by Crippen LogP contribution is 2.07. The molecule has 0 aliphatic carbocycles. The van der Waals surface area contributed by atoms with Crippen LogP contribution in [0.1, 0.15) is 44.0 Å². The van der Waals surface area contributed by atoms with Gasteiger partial charge in [-0.15, -0.1) is 12.3 Å². The van der Waals surface area contributed by atoms with Crippen molar-refractivity contribution in [2.45, 2.75) is 39.7 Å². The topological polar surface area (TPSA) is 58.6 Å². The van der Waals surface area contributed by atoms with E-state index in [1.807, 2.05) is 32.9 Å². The molecular weight excluding hydrogens is 383 g/mol. The van der Waals surface area contributed by atoms with Crippen LogP contribution in [0, 0.1) is 18.2 Å². The normalized spacial score (nSPS) is 10.4. The van der Waals surface area contributed by atoms with E-state index in [1.54, 1.807) is 19.1 Å². The number of halogens is 1. The standard InChI is InChI=1S/C13H18FNO2.C6H8.C5H9NO/c1-10(17-3)8-9-15(2)13(16)11-4-6-12(14)7-5-11;1-3-5-6-4-2;1-5(2)3-6-4-7/h4-7,10H,8-9H2,1-3H3;1,4,6H,5H2,2H3;4H,1,3H2,2H3,(H,6,7)/b;6-4-;. The Morgan fingerprint density at radius 1 is 1.40 bits per heavy atom. The molecule has 0 heterocycles. The lowest BCUT2D eigenvalue weighted by molar-refractivity contribution is -0.109. The molecule has 6 heteroatoms. The van der Waals surface area contributed by atoms with Crippen LogP contribution in [0.2, 0.25) is 0 Å². The maximum absolute atomic E-state index is 12.7. The minimum atomic E-state index is -0.336. The molecule has 1 N–H and O–H groups in total. The van der Waals surface area contributed by atoms with E-state index in [0.29, 0.717) is 25.1 Å². The molecule has 166 valence electrons. The van der Waals surface area contributed by atoms with Crippen LogP contribution in [0.15, 0.2) is 48.6 Å². The van der Waals surface area contributed by atoms with Crippen LogP contribution < -0.4 is 5.32 Å². The molecular formula is C24H35FN2O3. The molecule has 0 aliphatic rings. The second kappa shape index (κ2) is 19.4. The van der Waals surface area contributed by atoms with Crippen molar-refractivity contribution in [1.82, 2.24) is 10.2 Å². The van der Waals surface area contributed by atoms with Gasteiger partial charge < -0.3 is 15.0 Å². The van der Waals surface area contributed by atoms with Gasteiger partial charge in [-0.05, 0) is 51.5 Å². The minimum absolute atomic E-state index is 0.103. The number of allylic oxidation sites excluding steroid dienone is 2. The highest BCUT2D eigenvalue weighted by molar-refractivity contribution is 5.93. The van der Waals surface area contributed by atoms with Crippen LogP contribution in [-0.2, 0) is 9.53 Å². The van der Waals surface area contributed by atoms with Gasteiger partial charge in [-0.25, -0.2) is 4.39 Å². The zero-order valence-corrected chi connectivity index (χ0v) is 18.8. The number of hydrogen-bond acceptors (Lipinski definition) is 3. The molecule has 1 rings (SSSR count). The van der Waals surface area contributed by atoms with E-state index in [0.717, 1.165) is 18.4 Å². The predicted molar refractivity (Wildman–Crippen MR) is 122 cm³/mol. The minimum Gasteiger partial charge on any atom is -0.382 e. The first-order valence-electron chi connectivity index (χ1n) is 9.63. The molecule has 0 fully saturated rings. The van der Waals surface area contributed by atoms with E-state index in [2.05, 4.69) is 17.8 Å². The lowest BCUT2D eigenvalue weighted by atomic mass is 10.2. The summed E-state index contributed by atoms with van der Waals surface area (Å²) in [6.07, 6.45) is 11.1. The number of amides is 2. The van der Waals surface area contributed by atoms with Gasteiger partial charge in [0.15, 0.2) is 0 Å². The summed E-state index contributed by atoms with van der Waals surface area (Å²) in [5.41, 5.74) is 1.46. The zero-order valence-electron chi connectivity index (χ0n) is 18.8. The summed E-state index contributed by atoms with van der Waals surface area (Å²) in [6.45, 7) is 10.5. The van der Waals surface area contributed by atoms with Crippen molar-refractivity contribution in [3.8, 4) is 12.3 Å². The van der Waals surface area contributed by atoms with Crippen molar-refractivity contribution in [3.63, 3.8) is 0 Å². The molecule has 0 spiro atoms. The first kappa shape index (κ1) is 29.3. The zero-order chi connectivity index (χ0) is 23.4. The summed E-state index contributed by atoms with van der Waals surface area (Å²) in [7, 11) is 3.38. The first-order valence-corrected chi connectivity index (χ1v) is 9.63. The predicted octanol–water partition coefficient (Wildman–Crippen LogP) is 4.22. The third-order valence-electron chi connectivity index (χ3n) is 3.67. The molecule has 0 aliphatic heterocycles. The summed E-state index contributed by atoms with van der Waals surface area (Å²) >= 11 is 0. The van der Waals surface area contributed by atoms with Crippen LogP contribution in [0.25, 0.3) is 0 Å². The third kappa shape index (κ3) is 17.2. The van der Waals surface area contributed by atoms with E-state index in [-0.39, 0.29) is 17.8 Å². The van der Waals surface area contributed by atoms with Gasteiger partial charge in [0.2, 0.25) is 6.41 Å². The summed E-state index contributed by atoms with van der Waals surface area (Å²) in [6, 6.07) is 5.57. The Labute approximate surface area is 181 Å². The van der Waals surface area contributed by atoms with Gasteiger partial charge >= 0.3 is 0 Å². The van der Waals surface area contributed by atoms with Crippen molar-refractivity contribution in [2.24, 2.45) is 0 Å². The fourth-order valence-corrected chi connectivity index (χ4v) is 1.81. The van der Waals surface area contributed by atoms with Crippen molar-refractivity contribution < 1.29 is 18.7 Å².